The molecule has 1 aromatic carbocycles. The lowest BCUT2D eigenvalue weighted by atomic mass is 10.0. The first kappa shape index (κ1) is 16.0. The molecule has 0 aliphatic rings. The van der Waals surface area contributed by atoms with E-state index in [0.29, 0.717) is 6.42 Å². The second-order valence-corrected chi connectivity index (χ2v) is 5.90. The predicted molar refractivity (Wildman–Crippen MR) is 86.7 cm³/mol. The number of ether oxygens (including phenoxy) is 1. The summed E-state index contributed by atoms with van der Waals surface area (Å²) in [6.45, 7) is 6.78. The molecule has 2 aromatic rings. The van der Waals surface area contributed by atoms with Gasteiger partial charge >= 0.3 is 0 Å². The van der Waals surface area contributed by atoms with Gasteiger partial charge in [0.15, 0.2) is 0 Å². The Morgan fingerprint density at radius 2 is 2.10 bits per heavy atom. The first-order valence-electron chi connectivity index (χ1n) is 7.02. The number of hydrogen-bond acceptors (Lipinski definition) is 3. The quantitative estimate of drug-likeness (QED) is 0.894. The Morgan fingerprint density at radius 1 is 1.38 bits per heavy atom. The van der Waals surface area contributed by atoms with E-state index in [9.17, 15) is 5.11 Å². The van der Waals surface area contributed by atoms with Gasteiger partial charge in [0.25, 0.3) is 0 Å². The maximum Gasteiger partial charge on any atom is 0.122 e. The molecular weight excluding hydrogens is 332 g/mol. The number of aliphatic hydroxyl groups is 1. The van der Waals surface area contributed by atoms with E-state index >= 15 is 0 Å². The molecule has 1 aromatic heterocycles. The highest BCUT2D eigenvalue weighted by Gasteiger charge is 2.18. The molecular formula is C16H21BrN2O2. The van der Waals surface area contributed by atoms with E-state index < -0.39 is 6.10 Å². The van der Waals surface area contributed by atoms with E-state index in [4.69, 9.17) is 4.74 Å². The Labute approximate surface area is 133 Å². The highest BCUT2D eigenvalue weighted by Crippen LogP contribution is 2.29. The smallest absolute Gasteiger partial charge is 0.122 e. The third-order valence-electron chi connectivity index (χ3n) is 3.66. The van der Waals surface area contributed by atoms with Gasteiger partial charge in [-0.15, -0.1) is 0 Å². The van der Waals surface area contributed by atoms with Gasteiger partial charge in [0.2, 0.25) is 0 Å². The highest BCUT2D eigenvalue weighted by atomic mass is 79.9. The summed E-state index contributed by atoms with van der Waals surface area (Å²) in [5.74, 6) is 0.797. The van der Waals surface area contributed by atoms with Gasteiger partial charge in [-0.1, -0.05) is 12.1 Å². The van der Waals surface area contributed by atoms with E-state index in [1.165, 1.54) is 0 Å². The number of aryl methyl sites for hydroxylation is 3. The van der Waals surface area contributed by atoms with Crippen LogP contribution in [0.1, 0.15) is 35.5 Å². The fourth-order valence-electron chi connectivity index (χ4n) is 2.41. The van der Waals surface area contributed by atoms with Crippen molar-refractivity contribution in [1.82, 2.24) is 9.78 Å². The summed E-state index contributed by atoms with van der Waals surface area (Å²) in [7, 11) is 1.64. The summed E-state index contributed by atoms with van der Waals surface area (Å²) >= 11 is 3.56. The van der Waals surface area contributed by atoms with Gasteiger partial charge in [-0.2, -0.15) is 5.10 Å². The van der Waals surface area contributed by atoms with Crippen LogP contribution in [0.15, 0.2) is 22.7 Å². The number of nitrogens with zero attached hydrogens (tertiary/aromatic N) is 2. The van der Waals surface area contributed by atoms with Crippen molar-refractivity contribution in [1.29, 1.82) is 0 Å². The topological polar surface area (TPSA) is 47.3 Å². The second kappa shape index (κ2) is 6.62. The summed E-state index contributed by atoms with van der Waals surface area (Å²) in [6.07, 6.45) is -0.0706. The largest absolute Gasteiger partial charge is 0.496 e. The van der Waals surface area contributed by atoms with Crippen molar-refractivity contribution in [2.24, 2.45) is 0 Å². The molecule has 0 bridgehead atoms. The normalized spacial score (nSPS) is 12.5. The number of methoxy groups -OCH3 is 1. The summed E-state index contributed by atoms with van der Waals surface area (Å²) in [5, 5.41) is 15.0. The molecule has 0 radical (unpaired) electrons. The molecule has 21 heavy (non-hydrogen) atoms. The minimum Gasteiger partial charge on any atom is -0.496 e. The minimum atomic E-state index is -0.586. The van der Waals surface area contributed by atoms with E-state index in [1.807, 2.05) is 43.7 Å². The Kier molecular flexibility index (Phi) is 5.06. The van der Waals surface area contributed by atoms with Crippen LogP contribution in [0.2, 0.25) is 0 Å². The average molecular weight is 353 g/mol. The standard InChI is InChI=1S/C16H21BrN2O2/c1-5-19-13(16(17)11(3)18-19)9-14(20)12-7-6-10(2)15(8-12)21-4/h6-8,14,20H,5,9H2,1-4H3. The lowest BCUT2D eigenvalue weighted by Crippen LogP contribution is -2.09. The van der Waals surface area contributed by atoms with Gasteiger partial charge in [0.1, 0.15) is 5.75 Å². The van der Waals surface area contributed by atoms with Crippen LogP contribution in [0, 0.1) is 13.8 Å². The molecule has 1 unspecified atom stereocenters. The molecule has 4 nitrogen and oxygen atoms in total. The Balaban J connectivity index is 2.28. The third kappa shape index (κ3) is 3.30. The summed E-state index contributed by atoms with van der Waals surface area (Å²) in [5.41, 5.74) is 3.87. The van der Waals surface area contributed by atoms with Crippen molar-refractivity contribution >= 4 is 15.9 Å². The third-order valence-corrected chi connectivity index (χ3v) is 4.69. The zero-order valence-corrected chi connectivity index (χ0v) is 14.4. The maximum atomic E-state index is 10.5. The number of rotatable bonds is 5. The molecule has 0 saturated carbocycles. The fourth-order valence-corrected chi connectivity index (χ4v) is 2.85. The van der Waals surface area contributed by atoms with Gasteiger partial charge in [0, 0.05) is 13.0 Å². The van der Waals surface area contributed by atoms with Gasteiger partial charge in [-0.05, 0) is 53.9 Å². The SMILES string of the molecule is CCn1nc(C)c(Br)c1CC(O)c1ccc(C)c(OC)c1. The molecule has 1 heterocycles. The monoisotopic (exact) mass is 352 g/mol. The number of hydrogen-bond donors (Lipinski definition) is 1. The van der Waals surface area contributed by atoms with Crippen LogP contribution in [-0.4, -0.2) is 22.0 Å². The molecule has 1 atom stereocenters. The summed E-state index contributed by atoms with van der Waals surface area (Å²) < 4.78 is 8.22. The Morgan fingerprint density at radius 3 is 2.71 bits per heavy atom. The highest BCUT2D eigenvalue weighted by molar-refractivity contribution is 9.10. The van der Waals surface area contributed by atoms with Crippen molar-refractivity contribution in [3.63, 3.8) is 0 Å². The van der Waals surface area contributed by atoms with Crippen molar-refractivity contribution < 1.29 is 9.84 Å². The predicted octanol–water partition coefficient (Wildman–Crippen LogP) is 3.57. The van der Waals surface area contributed by atoms with Crippen molar-refractivity contribution in [3.8, 4) is 5.75 Å². The molecule has 1 N–H and O–H groups in total. The molecule has 0 spiro atoms. The van der Waals surface area contributed by atoms with Gasteiger partial charge < -0.3 is 9.84 Å². The van der Waals surface area contributed by atoms with Gasteiger partial charge in [-0.3, -0.25) is 4.68 Å². The van der Waals surface area contributed by atoms with Crippen LogP contribution in [-0.2, 0) is 13.0 Å². The van der Waals surface area contributed by atoms with Crippen LogP contribution >= 0.6 is 15.9 Å². The number of aromatic nitrogens is 2. The first-order valence-corrected chi connectivity index (χ1v) is 7.81. The van der Waals surface area contributed by atoms with Crippen LogP contribution < -0.4 is 4.74 Å². The Bertz CT molecular complexity index is 637. The zero-order chi connectivity index (χ0) is 15.6. The molecule has 0 aliphatic heterocycles. The molecule has 0 fully saturated rings. The summed E-state index contributed by atoms with van der Waals surface area (Å²) in [4.78, 5) is 0. The molecule has 0 amide bonds. The van der Waals surface area contributed by atoms with E-state index in [1.54, 1.807) is 7.11 Å². The van der Waals surface area contributed by atoms with Gasteiger partial charge in [0.05, 0.1) is 29.1 Å². The summed E-state index contributed by atoms with van der Waals surface area (Å²) in [6, 6.07) is 5.80. The van der Waals surface area contributed by atoms with Crippen LogP contribution in [0.4, 0.5) is 0 Å². The van der Waals surface area contributed by atoms with E-state index in [-0.39, 0.29) is 0 Å². The van der Waals surface area contributed by atoms with Crippen LogP contribution in [0.3, 0.4) is 0 Å². The number of halogens is 1. The zero-order valence-electron chi connectivity index (χ0n) is 12.9. The molecule has 5 heteroatoms. The van der Waals surface area contributed by atoms with Crippen molar-refractivity contribution in [2.75, 3.05) is 7.11 Å². The molecule has 0 aliphatic carbocycles. The molecule has 0 saturated heterocycles. The average Bonchev–Trinajstić information content (AvgIpc) is 2.75. The second-order valence-electron chi connectivity index (χ2n) is 5.11. The number of aliphatic hydroxyl groups excluding tert-OH is 1. The fraction of sp³-hybridized carbons (Fsp3) is 0.438. The first-order chi connectivity index (χ1) is 9.97. The van der Waals surface area contributed by atoms with Crippen molar-refractivity contribution in [2.45, 2.75) is 39.8 Å². The lowest BCUT2D eigenvalue weighted by Gasteiger charge is -2.14. The lowest BCUT2D eigenvalue weighted by molar-refractivity contribution is 0.175. The van der Waals surface area contributed by atoms with E-state index in [0.717, 1.165) is 39.3 Å². The minimum absolute atomic E-state index is 0.515. The number of benzene rings is 1. The van der Waals surface area contributed by atoms with Crippen LogP contribution in [0.5, 0.6) is 5.75 Å². The maximum absolute atomic E-state index is 10.5. The van der Waals surface area contributed by atoms with Gasteiger partial charge in [-0.25, -0.2) is 0 Å². The van der Waals surface area contributed by atoms with E-state index in [2.05, 4.69) is 21.0 Å². The molecule has 2 rings (SSSR count). The molecule has 114 valence electrons. The Hall–Kier alpha value is -1.33. The van der Waals surface area contributed by atoms with Crippen molar-refractivity contribution in [3.05, 3.63) is 45.2 Å². The van der Waals surface area contributed by atoms with Crippen LogP contribution in [0.25, 0.3) is 0 Å².